The van der Waals surface area contributed by atoms with Crippen molar-refractivity contribution in [2.24, 2.45) is 0 Å². The molecular formula is C19H16N4. The minimum absolute atomic E-state index is 0.822. The van der Waals surface area contributed by atoms with Gasteiger partial charge in [0.05, 0.1) is 11.2 Å². The van der Waals surface area contributed by atoms with Crippen LogP contribution in [0.5, 0.6) is 0 Å². The fourth-order valence-electron chi connectivity index (χ4n) is 2.80. The second-order valence-electron chi connectivity index (χ2n) is 5.34. The Labute approximate surface area is 134 Å². The van der Waals surface area contributed by atoms with Crippen LogP contribution in [0.3, 0.4) is 0 Å². The molecule has 0 aliphatic rings. The summed E-state index contributed by atoms with van der Waals surface area (Å²) in [6.07, 6.45) is 5.74. The van der Waals surface area contributed by atoms with Crippen molar-refractivity contribution in [3.8, 4) is 22.5 Å². The maximum absolute atomic E-state index is 4.72. The van der Waals surface area contributed by atoms with Gasteiger partial charge in [0, 0.05) is 36.1 Å². The molecule has 0 unspecified atom stereocenters. The van der Waals surface area contributed by atoms with Crippen LogP contribution in [0.15, 0.2) is 67.1 Å². The maximum atomic E-state index is 4.72. The van der Waals surface area contributed by atoms with E-state index in [2.05, 4.69) is 29.2 Å². The highest BCUT2D eigenvalue weighted by molar-refractivity contribution is 5.97. The van der Waals surface area contributed by atoms with Gasteiger partial charge in [-0.05, 0) is 36.8 Å². The zero-order valence-corrected chi connectivity index (χ0v) is 12.8. The summed E-state index contributed by atoms with van der Waals surface area (Å²) in [5, 5.41) is 5.84. The number of para-hydroxylation sites is 1. The fraction of sp³-hybridized carbons (Fsp3) is 0.105. The second kappa shape index (κ2) is 5.65. The Hall–Kier alpha value is -3.01. The fourth-order valence-corrected chi connectivity index (χ4v) is 2.80. The number of nitrogens with zero attached hydrogens (tertiary/aromatic N) is 4. The van der Waals surface area contributed by atoms with Crippen LogP contribution in [0.25, 0.3) is 33.4 Å². The molecule has 4 rings (SSSR count). The molecule has 0 bridgehead atoms. The number of benzene rings is 1. The molecule has 0 aliphatic heterocycles. The van der Waals surface area contributed by atoms with Gasteiger partial charge in [-0.2, -0.15) is 5.10 Å². The van der Waals surface area contributed by atoms with E-state index in [0.29, 0.717) is 0 Å². The molecule has 0 fully saturated rings. The molecule has 0 amide bonds. The van der Waals surface area contributed by atoms with Gasteiger partial charge in [0.2, 0.25) is 0 Å². The molecule has 23 heavy (non-hydrogen) atoms. The third-order valence-corrected chi connectivity index (χ3v) is 3.93. The van der Waals surface area contributed by atoms with Crippen molar-refractivity contribution in [3.05, 3.63) is 67.1 Å². The van der Waals surface area contributed by atoms with Gasteiger partial charge in [-0.3, -0.25) is 14.6 Å². The van der Waals surface area contributed by atoms with Gasteiger partial charge in [0.1, 0.15) is 5.69 Å². The maximum Gasteiger partial charge on any atom is 0.119 e. The monoisotopic (exact) mass is 300 g/mol. The topological polar surface area (TPSA) is 43.6 Å². The molecule has 4 nitrogen and oxygen atoms in total. The van der Waals surface area contributed by atoms with E-state index in [0.717, 1.165) is 40.0 Å². The van der Waals surface area contributed by atoms with E-state index in [4.69, 9.17) is 5.10 Å². The molecule has 0 atom stereocenters. The standard InChI is InChI=1S/C19H16N4/c1-2-23-13-16(19(22-23)18-9-5-6-11-20-18)14-10-12-21-17-8-4-3-7-15(14)17/h3-13H,2H2,1H3. The van der Waals surface area contributed by atoms with Crippen molar-refractivity contribution >= 4 is 10.9 Å². The van der Waals surface area contributed by atoms with Crippen molar-refractivity contribution in [1.82, 2.24) is 19.7 Å². The van der Waals surface area contributed by atoms with E-state index in [1.165, 1.54) is 0 Å². The van der Waals surface area contributed by atoms with E-state index in [1.54, 1.807) is 6.20 Å². The lowest BCUT2D eigenvalue weighted by atomic mass is 10.0. The van der Waals surface area contributed by atoms with Gasteiger partial charge in [-0.25, -0.2) is 0 Å². The Kier molecular flexibility index (Phi) is 3.35. The van der Waals surface area contributed by atoms with Gasteiger partial charge in [0.25, 0.3) is 0 Å². The molecule has 0 N–H and O–H groups in total. The largest absolute Gasteiger partial charge is 0.272 e. The third kappa shape index (κ3) is 2.38. The number of pyridine rings is 2. The molecule has 0 radical (unpaired) electrons. The smallest absolute Gasteiger partial charge is 0.119 e. The van der Waals surface area contributed by atoms with Crippen LogP contribution >= 0.6 is 0 Å². The van der Waals surface area contributed by atoms with Gasteiger partial charge in [-0.15, -0.1) is 0 Å². The summed E-state index contributed by atoms with van der Waals surface area (Å²) in [6.45, 7) is 2.91. The molecule has 3 aromatic heterocycles. The van der Waals surface area contributed by atoms with Gasteiger partial charge >= 0.3 is 0 Å². The van der Waals surface area contributed by atoms with Crippen LogP contribution in [0, 0.1) is 0 Å². The van der Waals surface area contributed by atoms with Crippen LogP contribution in [0.1, 0.15) is 6.92 Å². The first-order valence-electron chi connectivity index (χ1n) is 7.70. The molecular weight excluding hydrogens is 284 g/mol. The minimum atomic E-state index is 0.822. The Bertz CT molecular complexity index is 952. The Morgan fingerprint density at radius 3 is 2.57 bits per heavy atom. The van der Waals surface area contributed by atoms with Crippen molar-refractivity contribution < 1.29 is 0 Å². The minimum Gasteiger partial charge on any atom is -0.272 e. The molecule has 0 saturated carbocycles. The number of fused-ring (bicyclic) bond motifs is 1. The number of aryl methyl sites for hydroxylation is 1. The van der Waals surface area contributed by atoms with Crippen molar-refractivity contribution in [2.45, 2.75) is 13.5 Å². The number of hydrogen-bond donors (Lipinski definition) is 0. The summed E-state index contributed by atoms with van der Waals surface area (Å²) in [6, 6.07) is 16.1. The van der Waals surface area contributed by atoms with Crippen molar-refractivity contribution in [3.63, 3.8) is 0 Å². The lowest BCUT2D eigenvalue weighted by Gasteiger charge is -2.06. The zero-order valence-electron chi connectivity index (χ0n) is 12.8. The summed E-state index contributed by atoms with van der Waals surface area (Å²) >= 11 is 0. The van der Waals surface area contributed by atoms with E-state index in [-0.39, 0.29) is 0 Å². The molecule has 112 valence electrons. The first-order chi connectivity index (χ1) is 11.4. The molecule has 0 aliphatic carbocycles. The lowest BCUT2D eigenvalue weighted by Crippen LogP contribution is -1.94. The Balaban J connectivity index is 2.00. The van der Waals surface area contributed by atoms with E-state index < -0.39 is 0 Å². The van der Waals surface area contributed by atoms with Crippen LogP contribution in [0.4, 0.5) is 0 Å². The summed E-state index contributed by atoms with van der Waals surface area (Å²) in [5.74, 6) is 0. The highest BCUT2D eigenvalue weighted by Crippen LogP contribution is 2.33. The van der Waals surface area contributed by atoms with Gasteiger partial charge < -0.3 is 0 Å². The van der Waals surface area contributed by atoms with E-state index in [9.17, 15) is 0 Å². The molecule has 1 aromatic carbocycles. The normalized spacial score (nSPS) is 11.0. The van der Waals surface area contributed by atoms with Crippen LogP contribution in [-0.2, 0) is 6.54 Å². The quantitative estimate of drug-likeness (QED) is 0.570. The number of hydrogen-bond acceptors (Lipinski definition) is 3. The first kappa shape index (κ1) is 13.6. The van der Waals surface area contributed by atoms with Crippen LogP contribution < -0.4 is 0 Å². The number of rotatable bonds is 3. The van der Waals surface area contributed by atoms with Gasteiger partial charge in [0.15, 0.2) is 0 Å². The van der Waals surface area contributed by atoms with Crippen molar-refractivity contribution in [2.75, 3.05) is 0 Å². The summed E-state index contributed by atoms with van der Waals surface area (Å²) < 4.78 is 1.95. The average Bonchev–Trinajstić information content (AvgIpc) is 3.06. The molecule has 0 spiro atoms. The molecule has 4 aromatic rings. The summed E-state index contributed by atoms with van der Waals surface area (Å²) in [7, 11) is 0. The highest BCUT2D eigenvalue weighted by Gasteiger charge is 2.15. The summed E-state index contributed by atoms with van der Waals surface area (Å²) in [4.78, 5) is 8.93. The van der Waals surface area contributed by atoms with E-state index in [1.807, 2.05) is 53.3 Å². The Morgan fingerprint density at radius 1 is 0.870 bits per heavy atom. The van der Waals surface area contributed by atoms with Crippen LogP contribution in [-0.4, -0.2) is 19.7 Å². The average molecular weight is 300 g/mol. The molecule has 0 saturated heterocycles. The predicted molar refractivity (Wildman–Crippen MR) is 91.9 cm³/mol. The lowest BCUT2D eigenvalue weighted by molar-refractivity contribution is 0.662. The molecule has 4 heteroatoms. The summed E-state index contributed by atoms with van der Waals surface area (Å²) in [5.41, 5.74) is 5.00. The zero-order chi connectivity index (χ0) is 15.6. The Morgan fingerprint density at radius 2 is 1.74 bits per heavy atom. The third-order valence-electron chi connectivity index (χ3n) is 3.93. The predicted octanol–water partition coefficient (Wildman–Crippen LogP) is 4.18. The van der Waals surface area contributed by atoms with Crippen molar-refractivity contribution in [1.29, 1.82) is 0 Å². The van der Waals surface area contributed by atoms with Crippen LogP contribution in [0.2, 0.25) is 0 Å². The SMILES string of the molecule is CCn1cc(-c2ccnc3ccccc23)c(-c2ccccn2)n1. The highest BCUT2D eigenvalue weighted by atomic mass is 15.3. The second-order valence-corrected chi connectivity index (χ2v) is 5.34. The van der Waals surface area contributed by atoms with E-state index >= 15 is 0 Å². The van der Waals surface area contributed by atoms with Gasteiger partial charge in [-0.1, -0.05) is 24.3 Å². The first-order valence-corrected chi connectivity index (χ1v) is 7.70. The number of aromatic nitrogens is 4. The molecule has 3 heterocycles.